The molecule has 0 heterocycles. The third-order valence-electron chi connectivity index (χ3n) is 1.83. The number of hydrogen-bond acceptors (Lipinski definition) is 2. The highest BCUT2D eigenvalue weighted by Crippen LogP contribution is 2.10. The second-order valence-electron chi connectivity index (χ2n) is 2.99. The van der Waals surface area contributed by atoms with E-state index in [-0.39, 0.29) is 0 Å². The van der Waals surface area contributed by atoms with Gasteiger partial charge in [0.25, 0.3) is 0 Å². The summed E-state index contributed by atoms with van der Waals surface area (Å²) in [6, 6.07) is 0.395. The molecule has 3 heteroatoms. The van der Waals surface area contributed by atoms with Gasteiger partial charge >= 0.3 is 0 Å². The molecule has 0 saturated carbocycles. The van der Waals surface area contributed by atoms with Crippen LogP contribution in [0.25, 0.3) is 0 Å². The number of nitrogens with zero attached hydrogens (tertiary/aromatic N) is 1. The van der Waals surface area contributed by atoms with Crippen LogP contribution in [0.5, 0.6) is 0 Å². The first kappa shape index (κ1) is 11.9. The Labute approximate surface area is 88.5 Å². The van der Waals surface area contributed by atoms with Crippen molar-refractivity contribution in [3.05, 3.63) is 11.3 Å². The molecule has 2 nitrogen and oxygen atoms in total. The molecule has 1 unspecified atom stereocenters. The first-order valence-electron chi connectivity index (χ1n) is 4.15. The first-order valence-corrected chi connectivity index (χ1v) is 5.23. The highest BCUT2D eigenvalue weighted by Gasteiger charge is 2.01. The normalized spacial score (nSPS) is 17.2. The lowest BCUT2D eigenvalue weighted by Gasteiger charge is -2.05. The monoisotopic (exact) mass is 280 g/mol. The van der Waals surface area contributed by atoms with Crippen LogP contribution in [0.1, 0.15) is 34.1 Å². The fraction of sp³-hybridized carbons (Fsp3) is 0.667. The van der Waals surface area contributed by atoms with Gasteiger partial charge in [0.2, 0.25) is 0 Å². The number of hydrogen-bond donors (Lipinski definition) is 1. The van der Waals surface area contributed by atoms with Crippen LogP contribution in [0.15, 0.2) is 16.3 Å². The molecule has 0 amide bonds. The minimum atomic E-state index is 0.395. The van der Waals surface area contributed by atoms with Crippen molar-refractivity contribution in [2.75, 3.05) is 0 Å². The van der Waals surface area contributed by atoms with Crippen LogP contribution in [0, 0.1) is 0 Å². The van der Waals surface area contributed by atoms with Gasteiger partial charge in [0.1, 0.15) is 3.72 Å². The fourth-order valence-corrected chi connectivity index (χ4v) is 1.45. The van der Waals surface area contributed by atoms with Gasteiger partial charge < -0.3 is 5.73 Å². The predicted octanol–water partition coefficient (Wildman–Crippen LogP) is 2.87. The molecule has 0 aliphatic rings. The van der Waals surface area contributed by atoms with Gasteiger partial charge in [-0.2, -0.15) is 0 Å². The Morgan fingerprint density at radius 1 is 1.50 bits per heavy atom. The van der Waals surface area contributed by atoms with E-state index >= 15 is 0 Å². The predicted molar refractivity (Wildman–Crippen MR) is 63.8 cm³/mol. The summed E-state index contributed by atoms with van der Waals surface area (Å²) in [5.41, 5.74) is 7.59. The SMILES string of the molecule is CCC(C)/N=C(I)\C(C)=C(\C)N. The number of aliphatic imine (C=N–C) groups is 1. The lowest BCUT2D eigenvalue weighted by molar-refractivity contribution is 0.719. The maximum absolute atomic E-state index is 5.65. The maximum Gasteiger partial charge on any atom is 0.100 e. The van der Waals surface area contributed by atoms with Crippen molar-refractivity contribution < 1.29 is 0 Å². The minimum absolute atomic E-state index is 0.395. The summed E-state index contributed by atoms with van der Waals surface area (Å²) < 4.78 is 1.03. The minimum Gasteiger partial charge on any atom is -0.402 e. The second kappa shape index (κ2) is 5.56. The van der Waals surface area contributed by atoms with Crippen LogP contribution in [0.2, 0.25) is 0 Å². The van der Waals surface area contributed by atoms with Gasteiger partial charge in [-0.15, -0.1) is 0 Å². The highest BCUT2D eigenvalue weighted by atomic mass is 127. The van der Waals surface area contributed by atoms with E-state index in [0.29, 0.717) is 6.04 Å². The van der Waals surface area contributed by atoms with Crippen LogP contribution in [0.4, 0.5) is 0 Å². The lowest BCUT2D eigenvalue weighted by atomic mass is 10.2. The van der Waals surface area contributed by atoms with E-state index in [4.69, 9.17) is 5.73 Å². The van der Waals surface area contributed by atoms with Crippen molar-refractivity contribution in [1.29, 1.82) is 0 Å². The summed E-state index contributed by atoms with van der Waals surface area (Å²) in [4.78, 5) is 4.48. The molecule has 70 valence electrons. The third kappa shape index (κ3) is 4.09. The fourth-order valence-electron chi connectivity index (χ4n) is 0.544. The van der Waals surface area contributed by atoms with E-state index in [1.54, 1.807) is 0 Å². The van der Waals surface area contributed by atoms with Crippen LogP contribution in [-0.2, 0) is 0 Å². The first-order chi connectivity index (χ1) is 5.49. The van der Waals surface area contributed by atoms with Gasteiger partial charge in [-0.3, -0.25) is 4.99 Å². The molecule has 0 fully saturated rings. The summed E-state index contributed by atoms with van der Waals surface area (Å²) in [6.07, 6.45) is 1.07. The number of nitrogens with two attached hydrogens (primary N) is 1. The van der Waals surface area contributed by atoms with Gasteiger partial charge in [-0.05, 0) is 55.4 Å². The summed E-state index contributed by atoms with van der Waals surface area (Å²) in [5, 5.41) is 0. The van der Waals surface area contributed by atoms with E-state index in [2.05, 4.69) is 41.4 Å². The summed E-state index contributed by atoms with van der Waals surface area (Å²) >= 11 is 2.23. The Bertz CT molecular complexity index is 203. The van der Waals surface area contributed by atoms with Gasteiger partial charge in [-0.25, -0.2) is 0 Å². The van der Waals surface area contributed by atoms with Crippen LogP contribution in [-0.4, -0.2) is 9.76 Å². The van der Waals surface area contributed by atoms with Crippen LogP contribution in [0.3, 0.4) is 0 Å². The largest absolute Gasteiger partial charge is 0.402 e. The van der Waals surface area contributed by atoms with Crippen LogP contribution < -0.4 is 5.73 Å². The van der Waals surface area contributed by atoms with Crippen molar-refractivity contribution in [3.8, 4) is 0 Å². The van der Waals surface area contributed by atoms with E-state index < -0.39 is 0 Å². The van der Waals surface area contributed by atoms with Crippen LogP contribution >= 0.6 is 22.6 Å². The molecule has 0 aromatic rings. The lowest BCUT2D eigenvalue weighted by Crippen LogP contribution is -2.04. The van der Waals surface area contributed by atoms with Gasteiger partial charge in [0, 0.05) is 11.7 Å². The summed E-state index contributed by atoms with van der Waals surface area (Å²) in [7, 11) is 0. The molecule has 0 rings (SSSR count). The number of rotatable bonds is 3. The third-order valence-corrected chi connectivity index (χ3v) is 2.91. The smallest absolute Gasteiger partial charge is 0.100 e. The molecular formula is C9H17IN2. The van der Waals surface area contributed by atoms with E-state index in [0.717, 1.165) is 21.4 Å². The van der Waals surface area contributed by atoms with E-state index in [1.165, 1.54) is 0 Å². The van der Waals surface area contributed by atoms with Gasteiger partial charge in [-0.1, -0.05) is 6.92 Å². The van der Waals surface area contributed by atoms with Crippen molar-refractivity contribution in [2.45, 2.75) is 40.2 Å². The topological polar surface area (TPSA) is 38.4 Å². The van der Waals surface area contributed by atoms with Crippen molar-refractivity contribution in [1.82, 2.24) is 0 Å². The standard InChI is InChI=1S/C9H17IN2/c1-5-6(2)12-9(10)7(3)8(4)11/h6H,5,11H2,1-4H3/b8-7-,12-9+. The van der Waals surface area contributed by atoms with Crippen molar-refractivity contribution in [3.63, 3.8) is 0 Å². The summed E-state index contributed by atoms with van der Waals surface area (Å²) in [6.45, 7) is 8.15. The molecule has 0 radical (unpaired) electrons. The van der Waals surface area contributed by atoms with Crippen molar-refractivity contribution >= 4 is 26.3 Å². The zero-order chi connectivity index (χ0) is 9.72. The Morgan fingerprint density at radius 3 is 2.33 bits per heavy atom. The molecule has 0 aliphatic heterocycles. The van der Waals surface area contributed by atoms with Gasteiger partial charge in [0.15, 0.2) is 0 Å². The average molecular weight is 280 g/mol. The van der Waals surface area contributed by atoms with Gasteiger partial charge in [0.05, 0.1) is 0 Å². The number of halogens is 1. The van der Waals surface area contributed by atoms with Crippen molar-refractivity contribution in [2.24, 2.45) is 10.7 Å². The average Bonchev–Trinajstić information content (AvgIpc) is 2.02. The zero-order valence-electron chi connectivity index (χ0n) is 8.19. The summed E-state index contributed by atoms with van der Waals surface area (Å²) in [5.74, 6) is 0. The molecular weight excluding hydrogens is 263 g/mol. The van der Waals surface area contributed by atoms with E-state index in [9.17, 15) is 0 Å². The van der Waals surface area contributed by atoms with E-state index in [1.807, 2.05) is 13.8 Å². The Kier molecular flexibility index (Phi) is 5.53. The molecule has 0 saturated heterocycles. The Hall–Kier alpha value is -0.0600. The molecule has 1 atom stereocenters. The molecule has 0 aromatic heterocycles. The molecule has 12 heavy (non-hydrogen) atoms. The molecule has 2 N–H and O–H groups in total. The quantitative estimate of drug-likeness (QED) is 0.626. The Balaban J connectivity index is 4.49. The maximum atomic E-state index is 5.65. The molecule has 0 aliphatic carbocycles. The highest BCUT2D eigenvalue weighted by molar-refractivity contribution is 14.1. The Morgan fingerprint density at radius 2 is 2.00 bits per heavy atom. The molecule has 0 spiro atoms. The molecule has 0 bridgehead atoms. The number of allylic oxidation sites excluding steroid dienone is 2. The zero-order valence-corrected chi connectivity index (χ0v) is 10.3. The second-order valence-corrected chi connectivity index (χ2v) is 4.01. The molecule has 0 aromatic carbocycles.